The molecule has 164 valence electrons. The molecular formula is C20H17N5O6S. The number of para-hydroxylation sites is 1. The monoisotopic (exact) mass is 455 g/mol. The minimum Gasteiger partial charge on any atom is -0.451 e. The third-order valence-electron chi connectivity index (χ3n) is 4.13. The summed E-state index contributed by atoms with van der Waals surface area (Å²) in [4.78, 5) is 50.7. The number of ether oxygens (including phenoxy) is 1. The van der Waals surface area contributed by atoms with Crippen molar-refractivity contribution in [2.45, 2.75) is 5.16 Å². The Balaban J connectivity index is 1.56. The molecular weight excluding hydrogens is 438 g/mol. The molecule has 0 saturated carbocycles. The number of carbonyl (C=O) groups is 3. The standard InChI is InChI=1S/C20H17N5O6S/c1-32-20-21-11-16(24(20)14-5-3-2-4-6-14)19(28)31-12-17(26)22-23-18(27)13-7-9-15(10-8-13)25(29)30/h2-11H,12H2,1H3,(H,22,26)(H,23,27). The fraction of sp³-hybridized carbons (Fsp3) is 0.100. The van der Waals surface area contributed by atoms with Crippen molar-refractivity contribution in [1.29, 1.82) is 0 Å². The SMILES string of the molecule is CSc1ncc(C(=O)OCC(=O)NNC(=O)c2ccc([N+](=O)[O-])cc2)n1-c1ccccc1. The average molecular weight is 455 g/mol. The van der Waals surface area contributed by atoms with Gasteiger partial charge in [-0.25, -0.2) is 9.78 Å². The summed E-state index contributed by atoms with van der Waals surface area (Å²) in [5.41, 5.74) is 5.04. The molecule has 11 nitrogen and oxygen atoms in total. The molecule has 0 bridgehead atoms. The molecule has 0 aliphatic rings. The Morgan fingerprint density at radius 1 is 1.09 bits per heavy atom. The van der Waals surface area contributed by atoms with E-state index < -0.39 is 29.3 Å². The molecule has 1 heterocycles. The minimum atomic E-state index is -0.774. The first-order chi connectivity index (χ1) is 15.4. The van der Waals surface area contributed by atoms with Crippen LogP contribution in [0.3, 0.4) is 0 Å². The summed E-state index contributed by atoms with van der Waals surface area (Å²) < 4.78 is 6.65. The van der Waals surface area contributed by atoms with Gasteiger partial charge >= 0.3 is 5.97 Å². The number of nitrogens with one attached hydrogen (secondary N) is 2. The van der Waals surface area contributed by atoms with E-state index in [9.17, 15) is 24.5 Å². The van der Waals surface area contributed by atoms with Gasteiger partial charge in [-0.15, -0.1) is 0 Å². The predicted molar refractivity (Wildman–Crippen MR) is 114 cm³/mol. The fourth-order valence-electron chi connectivity index (χ4n) is 2.62. The number of hydrogen-bond acceptors (Lipinski definition) is 8. The zero-order chi connectivity index (χ0) is 23.1. The molecule has 1 aromatic heterocycles. The van der Waals surface area contributed by atoms with E-state index in [1.165, 1.54) is 30.1 Å². The van der Waals surface area contributed by atoms with Gasteiger partial charge in [-0.3, -0.25) is 35.1 Å². The van der Waals surface area contributed by atoms with Crippen LogP contribution < -0.4 is 10.9 Å². The highest BCUT2D eigenvalue weighted by atomic mass is 32.2. The van der Waals surface area contributed by atoms with Gasteiger partial charge in [0.2, 0.25) is 0 Å². The van der Waals surface area contributed by atoms with Gasteiger partial charge in [0.05, 0.1) is 11.1 Å². The summed E-state index contributed by atoms with van der Waals surface area (Å²) in [6.45, 7) is -0.645. The van der Waals surface area contributed by atoms with Crippen molar-refractivity contribution in [1.82, 2.24) is 20.4 Å². The molecule has 0 fully saturated rings. The summed E-state index contributed by atoms with van der Waals surface area (Å²) in [7, 11) is 0. The number of benzene rings is 2. The maximum atomic E-state index is 12.5. The number of non-ortho nitro benzene ring substituents is 1. The Morgan fingerprint density at radius 3 is 2.41 bits per heavy atom. The molecule has 3 aromatic rings. The number of thioether (sulfide) groups is 1. The van der Waals surface area contributed by atoms with Crippen molar-refractivity contribution in [3.05, 3.63) is 82.2 Å². The summed E-state index contributed by atoms with van der Waals surface area (Å²) in [6, 6.07) is 13.9. The minimum absolute atomic E-state index is 0.101. The van der Waals surface area contributed by atoms with Crippen LogP contribution in [0.1, 0.15) is 20.8 Å². The largest absolute Gasteiger partial charge is 0.451 e. The van der Waals surface area contributed by atoms with Crippen molar-refractivity contribution in [3.8, 4) is 5.69 Å². The van der Waals surface area contributed by atoms with Crippen LogP contribution in [0.2, 0.25) is 0 Å². The molecule has 2 amide bonds. The molecule has 0 radical (unpaired) electrons. The third kappa shape index (κ3) is 5.29. The highest BCUT2D eigenvalue weighted by Gasteiger charge is 2.20. The Labute approximate surface area is 185 Å². The van der Waals surface area contributed by atoms with E-state index in [1.54, 1.807) is 16.7 Å². The number of amides is 2. The maximum absolute atomic E-state index is 12.5. The number of hydrogen-bond donors (Lipinski definition) is 2. The number of esters is 1. The van der Waals surface area contributed by atoms with Gasteiger partial charge in [0.1, 0.15) is 0 Å². The summed E-state index contributed by atoms with van der Waals surface area (Å²) in [5.74, 6) is -2.23. The van der Waals surface area contributed by atoms with E-state index in [1.807, 2.05) is 24.5 Å². The quantitative estimate of drug-likeness (QED) is 0.238. The van der Waals surface area contributed by atoms with Gasteiger partial charge in [0, 0.05) is 23.4 Å². The molecule has 0 saturated heterocycles. The van der Waals surface area contributed by atoms with Crippen LogP contribution in [0, 0.1) is 10.1 Å². The van der Waals surface area contributed by atoms with Gasteiger partial charge in [-0.05, 0) is 30.5 Å². The Hall–Kier alpha value is -4.19. The molecule has 2 aromatic carbocycles. The van der Waals surface area contributed by atoms with Crippen LogP contribution in [-0.4, -0.2) is 45.1 Å². The van der Waals surface area contributed by atoms with Crippen molar-refractivity contribution in [2.75, 3.05) is 12.9 Å². The zero-order valence-electron chi connectivity index (χ0n) is 16.7. The third-order valence-corrected chi connectivity index (χ3v) is 4.78. The molecule has 0 unspecified atom stereocenters. The van der Waals surface area contributed by atoms with E-state index in [-0.39, 0.29) is 16.9 Å². The number of hydrazine groups is 1. The molecule has 12 heteroatoms. The molecule has 0 spiro atoms. The van der Waals surface area contributed by atoms with E-state index in [4.69, 9.17) is 4.74 Å². The molecule has 3 rings (SSSR count). The van der Waals surface area contributed by atoms with Gasteiger partial charge in [-0.2, -0.15) is 0 Å². The maximum Gasteiger partial charge on any atom is 0.357 e. The Morgan fingerprint density at radius 2 is 1.78 bits per heavy atom. The molecule has 2 N–H and O–H groups in total. The fourth-order valence-corrected chi connectivity index (χ4v) is 3.17. The van der Waals surface area contributed by atoms with Gasteiger partial charge < -0.3 is 4.74 Å². The second-order valence-corrected chi connectivity index (χ2v) is 6.96. The average Bonchev–Trinajstić information content (AvgIpc) is 3.26. The number of nitrogens with zero attached hydrogens (tertiary/aromatic N) is 3. The van der Waals surface area contributed by atoms with E-state index in [2.05, 4.69) is 15.8 Å². The smallest absolute Gasteiger partial charge is 0.357 e. The lowest BCUT2D eigenvalue weighted by Gasteiger charge is -2.11. The number of nitro benzene ring substituents is 1. The van der Waals surface area contributed by atoms with Crippen molar-refractivity contribution in [3.63, 3.8) is 0 Å². The molecule has 0 atom stereocenters. The van der Waals surface area contributed by atoms with Crippen LogP contribution >= 0.6 is 11.8 Å². The number of rotatable bonds is 7. The molecule has 32 heavy (non-hydrogen) atoms. The van der Waals surface area contributed by atoms with Crippen LogP contribution in [0.15, 0.2) is 66.0 Å². The van der Waals surface area contributed by atoms with Crippen LogP contribution in [0.25, 0.3) is 5.69 Å². The predicted octanol–water partition coefficient (Wildman–Crippen LogP) is 2.12. The molecule has 0 aliphatic heterocycles. The lowest BCUT2D eigenvalue weighted by Crippen LogP contribution is -2.43. The van der Waals surface area contributed by atoms with Crippen LogP contribution in [0.5, 0.6) is 0 Å². The van der Waals surface area contributed by atoms with E-state index >= 15 is 0 Å². The molecule has 0 aliphatic carbocycles. The summed E-state index contributed by atoms with van der Waals surface area (Å²) in [6.07, 6.45) is 3.17. The van der Waals surface area contributed by atoms with Crippen LogP contribution in [0.4, 0.5) is 5.69 Å². The topological polar surface area (TPSA) is 145 Å². The summed E-state index contributed by atoms with van der Waals surface area (Å²) in [5, 5.41) is 11.2. The van der Waals surface area contributed by atoms with Gasteiger partial charge in [0.25, 0.3) is 17.5 Å². The normalized spacial score (nSPS) is 10.3. The van der Waals surface area contributed by atoms with E-state index in [0.717, 1.165) is 12.1 Å². The number of carbonyl (C=O) groups excluding carboxylic acids is 3. The van der Waals surface area contributed by atoms with Crippen molar-refractivity contribution >= 4 is 35.2 Å². The first kappa shape index (κ1) is 22.5. The second kappa shape index (κ2) is 10.2. The Bertz CT molecular complexity index is 1150. The van der Waals surface area contributed by atoms with E-state index in [0.29, 0.717) is 10.8 Å². The lowest BCUT2D eigenvalue weighted by atomic mass is 10.2. The van der Waals surface area contributed by atoms with Gasteiger partial charge in [0.15, 0.2) is 17.5 Å². The van der Waals surface area contributed by atoms with Crippen molar-refractivity contribution in [2.24, 2.45) is 0 Å². The Kier molecular flexibility index (Phi) is 7.18. The number of imidazole rings is 1. The second-order valence-electron chi connectivity index (χ2n) is 6.18. The first-order valence-electron chi connectivity index (χ1n) is 9.08. The van der Waals surface area contributed by atoms with Crippen molar-refractivity contribution < 1.29 is 24.0 Å². The zero-order valence-corrected chi connectivity index (χ0v) is 17.5. The highest BCUT2D eigenvalue weighted by Crippen LogP contribution is 2.22. The number of nitro groups is 1. The summed E-state index contributed by atoms with van der Waals surface area (Å²) >= 11 is 1.34. The first-order valence-corrected chi connectivity index (χ1v) is 10.3. The number of aromatic nitrogens is 2. The highest BCUT2D eigenvalue weighted by molar-refractivity contribution is 7.98. The van der Waals surface area contributed by atoms with Crippen LogP contribution in [-0.2, 0) is 9.53 Å². The van der Waals surface area contributed by atoms with Gasteiger partial charge in [-0.1, -0.05) is 30.0 Å². The lowest BCUT2D eigenvalue weighted by molar-refractivity contribution is -0.384.